The van der Waals surface area contributed by atoms with Crippen molar-refractivity contribution in [2.45, 2.75) is 64.5 Å². The molecular formula is C14H26N2O3. The quantitative estimate of drug-likeness (QED) is 0.660. The summed E-state index contributed by atoms with van der Waals surface area (Å²) in [5, 5.41) is 11.8. The Balaban J connectivity index is 2.61. The first-order valence-electron chi connectivity index (χ1n) is 7.20. The van der Waals surface area contributed by atoms with Crippen molar-refractivity contribution in [3.8, 4) is 0 Å². The number of aliphatic carboxylic acids is 1. The zero-order chi connectivity index (χ0) is 14.4. The minimum atomic E-state index is -0.968. The zero-order valence-corrected chi connectivity index (χ0v) is 11.9. The molecule has 0 heterocycles. The number of carboxylic acids is 1. The van der Waals surface area contributed by atoms with Crippen LogP contribution in [-0.2, 0) is 9.59 Å². The summed E-state index contributed by atoms with van der Waals surface area (Å²) in [7, 11) is 0. The summed E-state index contributed by atoms with van der Waals surface area (Å²) < 4.78 is 0. The van der Waals surface area contributed by atoms with Gasteiger partial charge in [-0.15, -0.1) is 0 Å². The molecule has 4 N–H and O–H groups in total. The highest BCUT2D eigenvalue weighted by molar-refractivity contribution is 5.85. The highest BCUT2D eigenvalue weighted by atomic mass is 16.4. The first-order valence-corrected chi connectivity index (χ1v) is 7.20. The zero-order valence-electron chi connectivity index (χ0n) is 11.9. The van der Waals surface area contributed by atoms with Gasteiger partial charge in [-0.1, -0.05) is 33.1 Å². The number of hydrogen-bond acceptors (Lipinski definition) is 3. The van der Waals surface area contributed by atoms with Crippen LogP contribution in [0.15, 0.2) is 0 Å². The fourth-order valence-electron chi connectivity index (χ4n) is 2.63. The van der Waals surface area contributed by atoms with Crippen LogP contribution in [0.25, 0.3) is 0 Å². The summed E-state index contributed by atoms with van der Waals surface area (Å²) in [6.45, 7) is 3.89. The number of carbonyl (C=O) groups excluding carboxylic acids is 1. The fraction of sp³-hybridized carbons (Fsp3) is 0.857. The number of nitrogens with two attached hydrogens (primary N) is 1. The van der Waals surface area contributed by atoms with Crippen molar-refractivity contribution >= 4 is 11.9 Å². The summed E-state index contributed by atoms with van der Waals surface area (Å²) >= 11 is 0. The van der Waals surface area contributed by atoms with Gasteiger partial charge < -0.3 is 16.2 Å². The molecular weight excluding hydrogens is 244 g/mol. The van der Waals surface area contributed by atoms with Gasteiger partial charge in [0.1, 0.15) is 6.04 Å². The molecule has 3 atom stereocenters. The SMILES string of the molecule is CC(C)C[C@@H](NC(=O)C1CCCCCC1N)C(=O)O. The van der Waals surface area contributed by atoms with E-state index < -0.39 is 12.0 Å². The second-order valence-electron chi connectivity index (χ2n) is 5.94. The van der Waals surface area contributed by atoms with E-state index in [-0.39, 0.29) is 23.8 Å². The van der Waals surface area contributed by atoms with Gasteiger partial charge in [-0.05, 0) is 25.2 Å². The molecule has 1 fully saturated rings. The lowest BCUT2D eigenvalue weighted by Crippen LogP contribution is -2.48. The van der Waals surface area contributed by atoms with Gasteiger partial charge in [0.15, 0.2) is 0 Å². The topological polar surface area (TPSA) is 92.4 Å². The monoisotopic (exact) mass is 270 g/mol. The lowest BCUT2D eigenvalue weighted by Gasteiger charge is -2.24. The van der Waals surface area contributed by atoms with E-state index in [9.17, 15) is 9.59 Å². The highest BCUT2D eigenvalue weighted by Crippen LogP contribution is 2.22. The predicted molar refractivity (Wildman–Crippen MR) is 73.6 cm³/mol. The van der Waals surface area contributed by atoms with Crippen LogP contribution in [0.2, 0.25) is 0 Å². The van der Waals surface area contributed by atoms with Gasteiger partial charge in [0.25, 0.3) is 0 Å². The smallest absolute Gasteiger partial charge is 0.326 e. The van der Waals surface area contributed by atoms with Crippen molar-refractivity contribution in [2.75, 3.05) is 0 Å². The van der Waals surface area contributed by atoms with Crippen molar-refractivity contribution in [3.63, 3.8) is 0 Å². The molecule has 2 unspecified atom stereocenters. The first-order chi connectivity index (χ1) is 8.91. The van der Waals surface area contributed by atoms with Crippen molar-refractivity contribution in [2.24, 2.45) is 17.6 Å². The van der Waals surface area contributed by atoms with Crippen molar-refractivity contribution in [1.29, 1.82) is 0 Å². The first kappa shape index (κ1) is 16.0. The van der Waals surface area contributed by atoms with Crippen LogP contribution in [-0.4, -0.2) is 29.1 Å². The van der Waals surface area contributed by atoms with Crippen LogP contribution in [0, 0.1) is 11.8 Å². The van der Waals surface area contributed by atoms with E-state index in [1.54, 1.807) is 0 Å². The summed E-state index contributed by atoms with van der Waals surface area (Å²) in [6.07, 6.45) is 5.21. The van der Waals surface area contributed by atoms with Crippen molar-refractivity contribution in [1.82, 2.24) is 5.32 Å². The summed E-state index contributed by atoms with van der Waals surface area (Å²) in [5.41, 5.74) is 6.02. The minimum absolute atomic E-state index is 0.143. The summed E-state index contributed by atoms with van der Waals surface area (Å²) in [4.78, 5) is 23.4. The van der Waals surface area contributed by atoms with Crippen LogP contribution in [0.5, 0.6) is 0 Å². The molecule has 1 amide bonds. The molecule has 5 heteroatoms. The van der Waals surface area contributed by atoms with Gasteiger partial charge in [-0.2, -0.15) is 0 Å². The Kier molecular flexibility index (Phi) is 6.28. The van der Waals surface area contributed by atoms with Crippen LogP contribution in [0.3, 0.4) is 0 Å². The molecule has 0 spiro atoms. The van der Waals surface area contributed by atoms with Gasteiger partial charge in [-0.3, -0.25) is 4.79 Å². The number of hydrogen-bond donors (Lipinski definition) is 3. The third kappa shape index (κ3) is 5.19. The van der Waals surface area contributed by atoms with Crippen LogP contribution < -0.4 is 11.1 Å². The van der Waals surface area contributed by atoms with E-state index in [1.807, 2.05) is 13.8 Å². The normalized spacial score (nSPS) is 25.7. The Bertz CT molecular complexity index is 318. The van der Waals surface area contributed by atoms with Gasteiger partial charge >= 0.3 is 5.97 Å². The maximum absolute atomic E-state index is 12.2. The molecule has 5 nitrogen and oxygen atoms in total. The van der Waals surface area contributed by atoms with E-state index in [0.29, 0.717) is 6.42 Å². The van der Waals surface area contributed by atoms with Gasteiger partial charge in [0.05, 0.1) is 5.92 Å². The molecule has 1 aliphatic carbocycles. The molecule has 0 aromatic carbocycles. The molecule has 110 valence electrons. The second-order valence-corrected chi connectivity index (χ2v) is 5.94. The number of carboxylic acid groups (broad SMARTS) is 1. The maximum atomic E-state index is 12.2. The predicted octanol–water partition coefficient (Wildman–Crippen LogP) is 1.51. The molecule has 0 aromatic rings. The number of rotatable bonds is 5. The van der Waals surface area contributed by atoms with E-state index >= 15 is 0 Å². The molecule has 1 rings (SSSR count). The van der Waals surface area contributed by atoms with Crippen LogP contribution >= 0.6 is 0 Å². The Morgan fingerprint density at radius 3 is 2.47 bits per heavy atom. The maximum Gasteiger partial charge on any atom is 0.326 e. The lowest BCUT2D eigenvalue weighted by molar-refractivity contribution is -0.143. The molecule has 0 aromatic heterocycles. The summed E-state index contributed by atoms with van der Waals surface area (Å²) in [6, 6.07) is -0.945. The standard InChI is InChI=1S/C14H26N2O3/c1-9(2)8-12(14(18)19)16-13(17)10-6-4-3-5-7-11(10)15/h9-12H,3-8,15H2,1-2H3,(H,16,17)(H,18,19)/t10?,11?,12-/m1/s1. The second kappa shape index (κ2) is 7.48. The third-order valence-electron chi connectivity index (χ3n) is 3.73. The average molecular weight is 270 g/mol. The molecule has 1 aliphatic rings. The minimum Gasteiger partial charge on any atom is -0.480 e. The molecule has 0 saturated heterocycles. The lowest BCUT2D eigenvalue weighted by atomic mass is 9.93. The molecule has 0 radical (unpaired) electrons. The van der Waals surface area contributed by atoms with E-state index in [0.717, 1.165) is 32.1 Å². The third-order valence-corrected chi connectivity index (χ3v) is 3.73. The molecule has 0 aliphatic heterocycles. The number of amides is 1. The number of nitrogens with one attached hydrogen (secondary N) is 1. The highest BCUT2D eigenvalue weighted by Gasteiger charge is 2.30. The number of carbonyl (C=O) groups is 2. The average Bonchev–Trinajstić information content (AvgIpc) is 2.52. The Hall–Kier alpha value is -1.10. The van der Waals surface area contributed by atoms with Crippen molar-refractivity contribution in [3.05, 3.63) is 0 Å². The van der Waals surface area contributed by atoms with E-state index in [2.05, 4.69) is 5.32 Å². The van der Waals surface area contributed by atoms with Gasteiger partial charge in [-0.25, -0.2) is 4.79 Å². The Morgan fingerprint density at radius 2 is 1.89 bits per heavy atom. The van der Waals surface area contributed by atoms with E-state index in [4.69, 9.17) is 10.8 Å². The van der Waals surface area contributed by atoms with Gasteiger partial charge in [0, 0.05) is 6.04 Å². The Morgan fingerprint density at radius 1 is 1.26 bits per heavy atom. The van der Waals surface area contributed by atoms with Crippen molar-refractivity contribution < 1.29 is 14.7 Å². The fourth-order valence-corrected chi connectivity index (χ4v) is 2.63. The van der Waals surface area contributed by atoms with Crippen LogP contribution in [0.1, 0.15) is 52.4 Å². The van der Waals surface area contributed by atoms with Crippen LogP contribution in [0.4, 0.5) is 0 Å². The molecule has 1 saturated carbocycles. The van der Waals surface area contributed by atoms with E-state index in [1.165, 1.54) is 0 Å². The molecule has 19 heavy (non-hydrogen) atoms. The molecule has 0 bridgehead atoms. The largest absolute Gasteiger partial charge is 0.480 e. The van der Waals surface area contributed by atoms with Gasteiger partial charge in [0.2, 0.25) is 5.91 Å². The summed E-state index contributed by atoms with van der Waals surface area (Å²) in [5.74, 6) is -1.17. The Labute approximate surface area is 114 Å².